The minimum absolute atomic E-state index is 0.00582. The first kappa shape index (κ1) is 27.9. The van der Waals surface area contributed by atoms with Gasteiger partial charge >= 0.3 is 18.1 Å². The van der Waals surface area contributed by atoms with Crippen LogP contribution in [0.5, 0.6) is 6.01 Å². The van der Waals surface area contributed by atoms with E-state index in [9.17, 15) is 14.0 Å². The van der Waals surface area contributed by atoms with Crippen LogP contribution >= 0.6 is 0 Å². The lowest BCUT2D eigenvalue weighted by Crippen LogP contribution is -2.63. The molecule has 4 heterocycles. The van der Waals surface area contributed by atoms with Crippen molar-refractivity contribution in [2.24, 2.45) is 5.41 Å². The number of piperazine rings is 1. The molecule has 1 aromatic rings. The number of carbonyl (C=O) groups excluding carboxylic acids is 2. The summed E-state index contributed by atoms with van der Waals surface area (Å²) in [6.07, 6.45) is 3.26. The van der Waals surface area contributed by atoms with E-state index >= 15 is 0 Å². The first-order chi connectivity index (χ1) is 18.3. The maximum atomic E-state index is 13.7. The van der Waals surface area contributed by atoms with Crippen molar-refractivity contribution >= 4 is 17.9 Å². The van der Waals surface area contributed by atoms with E-state index in [1.807, 2.05) is 25.7 Å². The van der Waals surface area contributed by atoms with Crippen molar-refractivity contribution in [2.45, 2.75) is 90.1 Å². The Morgan fingerprint density at radius 3 is 2.46 bits per heavy atom. The molecule has 1 aromatic heterocycles. The predicted molar refractivity (Wildman–Crippen MR) is 143 cm³/mol. The van der Waals surface area contributed by atoms with Gasteiger partial charge in [-0.3, -0.25) is 9.80 Å². The van der Waals surface area contributed by atoms with E-state index in [4.69, 9.17) is 19.2 Å². The number of hydrogen-bond donors (Lipinski definition) is 0. The third-order valence-electron chi connectivity index (χ3n) is 8.49. The molecule has 5 rings (SSSR count). The van der Waals surface area contributed by atoms with Gasteiger partial charge in [-0.1, -0.05) is 0 Å². The molecule has 0 unspecified atom stereocenters. The zero-order valence-electron chi connectivity index (χ0n) is 24.1. The van der Waals surface area contributed by atoms with Crippen LogP contribution in [0.1, 0.15) is 75.9 Å². The molecule has 4 aliphatic rings. The van der Waals surface area contributed by atoms with Gasteiger partial charge in [-0.25, -0.2) is 14.0 Å². The fraction of sp³-hybridized carbons (Fsp3) is 0.786. The number of aryl methyl sites for hydroxylation is 1. The van der Waals surface area contributed by atoms with Gasteiger partial charge < -0.3 is 19.1 Å². The average molecular weight is 548 g/mol. The van der Waals surface area contributed by atoms with E-state index in [0.29, 0.717) is 49.7 Å². The van der Waals surface area contributed by atoms with Gasteiger partial charge in [-0.05, 0) is 66.7 Å². The number of amides is 1. The van der Waals surface area contributed by atoms with Crippen LogP contribution in [0.4, 0.5) is 15.0 Å². The Morgan fingerprint density at radius 1 is 1.13 bits per heavy atom. The predicted octanol–water partition coefficient (Wildman–Crippen LogP) is 3.75. The minimum atomic E-state index is -0.742. The number of nitrogens with zero attached hydrogens (tertiary/aromatic N) is 5. The Morgan fingerprint density at radius 2 is 1.87 bits per heavy atom. The Kier molecular flexibility index (Phi) is 7.18. The van der Waals surface area contributed by atoms with E-state index < -0.39 is 23.3 Å². The molecule has 3 aliphatic heterocycles. The fourth-order valence-corrected chi connectivity index (χ4v) is 6.38. The maximum absolute atomic E-state index is 13.7. The lowest BCUT2D eigenvalue weighted by Gasteiger charge is -2.47. The molecule has 39 heavy (non-hydrogen) atoms. The third kappa shape index (κ3) is 5.78. The number of methoxy groups -OCH3 is 1. The highest BCUT2D eigenvalue weighted by Gasteiger charge is 2.53. The van der Waals surface area contributed by atoms with Crippen LogP contribution in [0.25, 0.3) is 0 Å². The van der Waals surface area contributed by atoms with Crippen LogP contribution < -0.4 is 9.64 Å². The monoisotopic (exact) mass is 547 g/mol. The normalized spacial score (nSPS) is 28.0. The van der Waals surface area contributed by atoms with E-state index in [1.165, 1.54) is 7.11 Å². The molecule has 11 heteroatoms. The van der Waals surface area contributed by atoms with Gasteiger partial charge in [0.1, 0.15) is 17.3 Å². The molecule has 1 aliphatic carbocycles. The van der Waals surface area contributed by atoms with Crippen molar-refractivity contribution in [3.8, 4) is 6.01 Å². The molecule has 3 atom stereocenters. The molecule has 0 aromatic carbocycles. The van der Waals surface area contributed by atoms with Crippen molar-refractivity contribution in [2.75, 3.05) is 51.3 Å². The van der Waals surface area contributed by atoms with Crippen LogP contribution in [0.2, 0.25) is 0 Å². The molecule has 1 saturated carbocycles. The second kappa shape index (κ2) is 10.1. The summed E-state index contributed by atoms with van der Waals surface area (Å²) >= 11 is 0. The van der Waals surface area contributed by atoms with Gasteiger partial charge in [-0.2, -0.15) is 9.97 Å². The molecule has 216 valence electrons. The summed E-state index contributed by atoms with van der Waals surface area (Å²) in [6, 6.07) is 0.150. The Balaban J connectivity index is 1.36. The summed E-state index contributed by atoms with van der Waals surface area (Å²) in [7, 11) is 1.35. The molecule has 0 radical (unpaired) electrons. The number of carbonyl (C=O) groups is 2. The van der Waals surface area contributed by atoms with Crippen LogP contribution in [0, 0.1) is 12.3 Å². The number of likely N-dealkylation sites (tertiary alicyclic amines) is 1. The number of fused-ring (bicyclic) bond motifs is 2. The van der Waals surface area contributed by atoms with Gasteiger partial charge in [0, 0.05) is 38.1 Å². The van der Waals surface area contributed by atoms with Crippen molar-refractivity contribution in [3.63, 3.8) is 0 Å². The molecule has 0 N–H and O–H groups in total. The van der Waals surface area contributed by atoms with Gasteiger partial charge in [-0.15, -0.1) is 0 Å². The summed E-state index contributed by atoms with van der Waals surface area (Å²) in [5.74, 6) is -0.0365. The van der Waals surface area contributed by atoms with Gasteiger partial charge in [0.25, 0.3) is 0 Å². The molecule has 3 saturated heterocycles. The van der Waals surface area contributed by atoms with Gasteiger partial charge in [0.2, 0.25) is 0 Å². The van der Waals surface area contributed by atoms with E-state index in [1.54, 1.807) is 6.92 Å². The zero-order chi connectivity index (χ0) is 28.2. The highest BCUT2D eigenvalue weighted by atomic mass is 19.1. The Bertz CT molecular complexity index is 1120. The first-order valence-corrected chi connectivity index (χ1v) is 14.0. The average Bonchev–Trinajstić information content (AvgIpc) is 3.43. The standard InChI is InChI=1S/C28H42FN5O5/c1-18-21(23(35)37-6)22(31-24(30-18)38-17-28(10-11-28)16-32-12-8-19(29)13-32)33-14-20-7-9-27(5,15-33)34(20)25(36)39-26(2,3)4/h19-20H,7-17H2,1-6H3/t19-,20-,27-/m1/s1. The molecule has 2 bridgehead atoms. The van der Waals surface area contributed by atoms with E-state index in [0.717, 1.165) is 38.8 Å². The molecule has 10 nitrogen and oxygen atoms in total. The van der Waals surface area contributed by atoms with Crippen molar-refractivity contribution < 1.29 is 28.2 Å². The molecular formula is C28H42FN5O5. The van der Waals surface area contributed by atoms with Crippen molar-refractivity contribution in [1.82, 2.24) is 19.8 Å². The van der Waals surface area contributed by atoms with Crippen LogP contribution in [0.3, 0.4) is 0 Å². The Hall–Kier alpha value is -2.69. The smallest absolute Gasteiger partial charge is 0.411 e. The number of aromatic nitrogens is 2. The van der Waals surface area contributed by atoms with Crippen molar-refractivity contribution in [1.29, 1.82) is 0 Å². The van der Waals surface area contributed by atoms with Gasteiger partial charge in [0.15, 0.2) is 5.82 Å². The number of ether oxygens (including phenoxy) is 3. The van der Waals surface area contributed by atoms with Gasteiger partial charge in [0.05, 0.1) is 31.0 Å². The van der Waals surface area contributed by atoms with Crippen LogP contribution in [-0.4, -0.2) is 102 Å². The van der Waals surface area contributed by atoms with E-state index in [-0.39, 0.29) is 23.6 Å². The number of esters is 1. The Labute approximate surface area is 230 Å². The SMILES string of the molecule is COC(=O)c1c(C)nc(OCC2(CN3CC[C@@H](F)C3)CC2)nc1N1C[C@H]2CC[C@](C)(C1)N2C(=O)OC(C)(C)C. The number of rotatable bonds is 7. The summed E-state index contributed by atoms with van der Waals surface area (Å²) in [5, 5.41) is 0. The summed E-state index contributed by atoms with van der Waals surface area (Å²) in [4.78, 5) is 41.3. The lowest BCUT2D eigenvalue weighted by molar-refractivity contribution is -0.00292. The number of alkyl halides is 1. The quantitative estimate of drug-likeness (QED) is 0.473. The summed E-state index contributed by atoms with van der Waals surface area (Å²) in [5.41, 5.74) is -0.266. The highest BCUT2D eigenvalue weighted by molar-refractivity contribution is 5.96. The zero-order valence-corrected chi connectivity index (χ0v) is 24.1. The molecule has 0 spiro atoms. The highest BCUT2D eigenvalue weighted by Crippen LogP contribution is 2.47. The lowest BCUT2D eigenvalue weighted by atomic mass is 9.97. The van der Waals surface area contributed by atoms with Crippen LogP contribution in [0.15, 0.2) is 0 Å². The van der Waals surface area contributed by atoms with Crippen LogP contribution in [-0.2, 0) is 9.47 Å². The largest absolute Gasteiger partial charge is 0.465 e. The maximum Gasteiger partial charge on any atom is 0.411 e. The topological polar surface area (TPSA) is 97.3 Å². The van der Waals surface area contributed by atoms with E-state index in [2.05, 4.69) is 21.7 Å². The molecular weight excluding hydrogens is 505 g/mol. The minimum Gasteiger partial charge on any atom is -0.465 e. The first-order valence-electron chi connectivity index (χ1n) is 14.0. The van der Waals surface area contributed by atoms with Crippen molar-refractivity contribution in [3.05, 3.63) is 11.3 Å². The fourth-order valence-electron chi connectivity index (χ4n) is 6.38. The third-order valence-corrected chi connectivity index (χ3v) is 8.49. The number of halogens is 1. The molecule has 4 fully saturated rings. The second-order valence-corrected chi connectivity index (χ2v) is 13.1. The summed E-state index contributed by atoms with van der Waals surface area (Å²) in [6.45, 7) is 13.0. The number of anilines is 1. The number of hydrogen-bond acceptors (Lipinski definition) is 9. The summed E-state index contributed by atoms with van der Waals surface area (Å²) < 4.78 is 30.7. The molecule has 1 amide bonds. The second-order valence-electron chi connectivity index (χ2n) is 13.1.